The fourth-order valence-corrected chi connectivity index (χ4v) is 1.71. The van der Waals surface area contributed by atoms with Crippen molar-refractivity contribution in [3.05, 3.63) is 35.9 Å². The average molecular weight is 205 g/mol. The van der Waals surface area contributed by atoms with Crippen LogP contribution in [0.1, 0.15) is 31.7 Å². The molecule has 0 amide bonds. The largest absolute Gasteiger partial charge is 0.550 e. The molecule has 0 saturated carbocycles. The van der Waals surface area contributed by atoms with Crippen molar-refractivity contribution >= 4 is 5.97 Å². The Morgan fingerprint density at radius 2 is 1.93 bits per heavy atom. The van der Waals surface area contributed by atoms with Crippen LogP contribution in [0.2, 0.25) is 0 Å². The molecule has 0 aliphatic rings. The molecule has 0 spiro atoms. The van der Waals surface area contributed by atoms with Crippen molar-refractivity contribution in [3.8, 4) is 0 Å². The van der Waals surface area contributed by atoms with E-state index in [1.54, 1.807) is 0 Å². The van der Waals surface area contributed by atoms with E-state index in [2.05, 4.69) is 0 Å². The number of carboxylic acids is 1. The van der Waals surface area contributed by atoms with E-state index in [1.165, 1.54) is 5.56 Å². The third-order valence-corrected chi connectivity index (χ3v) is 2.59. The van der Waals surface area contributed by atoms with E-state index in [9.17, 15) is 9.90 Å². The molecule has 0 heterocycles. The summed E-state index contributed by atoms with van der Waals surface area (Å²) >= 11 is 0. The number of carboxylic acid groups (broad SMARTS) is 1. The molecule has 82 valence electrons. The molecule has 0 aliphatic carbocycles. The van der Waals surface area contributed by atoms with Gasteiger partial charge in [0, 0.05) is 5.97 Å². The van der Waals surface area contributed by atoms with Crippen molar-refractivity contribution in [3.63, 3.8) is 0 Å². The molecule has 2 nitrogen and oxygen atoms in total. The second-order valence-corrected chi connectivity index (χ2v) is 3.83. The summed E-state index contributed by atoms with van der Waals surface area (Å²) in [5, 5.41) is 10.8. The molecule has 0 N–H and O–H groups in total. The first-order valence-electron chi connectivity index (χ1n) is 5.48. The predicted molar refractivity (Wildman–Crippen MR) is 58.2 cm³/mol. The monoisotopic (exact) mass is 205 g/mol. The van der Waals surface area contributed by atoms with Crippen molar-refractivity contribution in [1.82, 2.24) is 0 Å². The van der Waals surface area contributed by atoms with Crippen molar-refractivity contribution in [1.29, 1.82) is 0 Å². The summed E-state index contributed by atoms with van der Waals surface area (Å²) in [6, 6.07) is 9.97. The Morgan fingerprint density at radius 1 is 1.27 bits per heavy atom. The van der Waals surface area contributed by atoms with Crippen LogP contribution in [0.25, 0.3) is 0 Å². The highest BCUT2D eigenvalue weighted by molar-refractivity contribution is 5.67. The maximum Gasteiger partial charge on any atom is 0.0445 e. The lowest BCUT2D eigenvalue weighted by Gasteiger charge is -2.16. The van der Waals surface area contributed by atoms with Gasteiger partial charge in [-0.15, -0.1) is 0 Å². The normalized spacial score (nSPS) is 12.3. The zero-order chi connectivity index (χ0) is 11.1. The second-order valence-electron chi connectivity index (χ2n) is 3.83. The van der Waals surface area contributed by atoms with Crippen LogP contribution >= 0.6 is 0 Å². The van der Waals surface area contributed by atoms with E-state index < -0.39 is 5.97 Å². The van der Waals surface area contributed by atoms with Crippen LogP contribution < -0.4 is 5.11 Å². The van der Waals surface area contributed by atoms with Gasteiger partial charge in [-0.3, -0.25) is 0 Å². The van der Waals surface area contributed by atoms with E-state index in [-0.39, 0.29) is 5.92 Å². The topological polar surface area (TPSA) is 40.1 Å². The van der Waals surface area contributed by atoms with Crippen LogP contribution in [0.4, 0.5) is 0 Å². The fraction of sp³-hybridized carbons (Fsp3) is 0.462. The van der Waals surface area contributed by atoms with Gasteiger partial charge < -0.3 is 9.90 Å². The molecule has 0 saturated heterocycles. The minimum atomic E-state index is -0.909. The molecule has 0 fully saturated rings. The number of benzene rings is 1. The third-order valence-electron chi connectivity index (χ3n) is 2.59. The zero-order valence-electron chi connectivity index (χ0n) is 9.11. The maximum atomic E-state index is 10.8. The van der Waals surface area contributed by atoms with Gasteiger partial charge in [0.25, 0.3) is 0 Å². The Hall–Kier alpha value is -1.31. The first-order valence-corrected chi connectivity index (χ1v) is 5.48. The smallest absolute Gasteiger partial charge is 0.0445 e. The van der Waals surface area contributed by atoms with Gasteiger partial charge in [0.05, 0.1) is 0 Å². The minimum absolute atomic E-state index is 0.296. The Labute approximate surface area is 90.9 Å². The fourth-order valence-electron chi connectivity index (χ4n) is 1.71. The number of aliphatic carboxylic acids is 1. The molecule has 0 aromatic heterocycles. The lowest BCUT2D eigenvalue weighted by molar-refractivity contribution is -0.312. The highest BCUT2D eigenvalue weighted by atomic mass is 16.4. The van der Waals surface area contributed by atoms with E-state index in [1.807, 2.05) is 37.3 Å². The number of aryl methyl sites for hydroxylation is 1. The van der Waals surface area contributed by atoms with Gasteiger partial charge in [-0.25, -0.2) is 0 Å². The summed E-state index contributed by atoms with van der Waals surface area (Å²) in [5.41, 5.74) is 1.19. The standard InChI is InChI=1S/C13H18O2/c1-2-6-12(13(14)15)10-9-11-7-4-3-5-8-11/h3-5,7-8,12H,2,6,9-10H2,1H3,(H,14,15)/p-1. The van der Waals surface area contributed by atoms with Crippen LogP contribution in [0.15, 0.2) is 30.3 Å². The Kier molecular flexibility index (Phi) is 4.88. The first-order chi connectivity index (χ1) is 7.24. The molecule has 0 radical (unpaired) electrons. The van der Waals surface area contributed by atoms with Crippen molar-refractivity contribution in [2.75, 3.05) is 0 Å². The predicted octanol–water partition coefficient (Wildman–Crippen LogP) is 1.79. The second kappa shape index (κ2) is 6.23. The molecule has 0 aliphatic heterocycles. The highest BCUT2D eigenvalue weighted by Crippen LogP contribution is 2.14. The number of hydrogen-bond acceptors (Lipinski definition) is 2. The molecular formula is C13H17O2-. The molecular weight excluding hydrogens is 188 g/mol. The summed E-state index contributed by atoms with van der Waals surface area (Å²) in [6.45, 7) is 2.00. The number of carbonyl (C=O) groups excluding carboxylic acids is 1. The Bertz CT molecular complexity index is 293. The lowest BCUT2D eigenvalue weighted by atomic mass is 9.95. The van der Waals surface area contributed by atoms with E-state index in [4.69, 9.17) is 0 Å². The van der Waals surface area contributed by atoms with Crippen LogP contribution in [0.3, 0.4) is 0 Å². The molecule has 1 atom stereocenters. The van der Waals surface area contributed by atoms with Crippen molar-refractivity contribution < 1.29 is 9.90 Å². The molecule has 0 bridgehead atoms. The molecule has 15 heavy (non-hydrogen) atoms. The summed E-state index contributed by atoms with van der Waals surface area (Å²) < 4.78 is 0. The van der Waals surface area contributed by atoms with Gasteiger partial charge in [-0.05, 0) is 30.7 Å². The summed E-state index contributed by atoms with van der Waals surface area (Å²) in [5.74, 6) is -1.21. The number of hydrogen-bond donors (Lipinski definition) is 0. The van der Waals surface area contributed by atoms with Gasteiger partial charge in [0.2, 0.25) is 0 Å². The third kappa shape index (κ3) is 4.15. The van der Waals surface area contributed by atoms with Crippen LogP contribution in [0.5, 0.6) is 0 Å². The quantitative estimate of drug-likeness (QED) is 0.710. The van der Waals surface area contributed by atoms with E-state index in [0.717, 1.165) is 19.3 Å². The minimum Gasteiger partial charge on any atom is -0.550 e. The van der Waals surface area contributed by atoms with Gasteiger partial charge in [0.15, 0.2) is 0 Å². The Morgan fingerprint density at radius 3 is 2.47 bits per heavy atom. The van der Waals surface area contributed by atoms with Crippen LogP contribution in [-0.2, 0) is 11.2 Å². The summed E-state index contributed by atoms with van der Waals surface area (Å²) in [7, 11) is 0. The van der Waals surface area contributed by atoms with Crippen LogP contribution in [-0.4, -0.2) is 5.97 Å². The Balaban J connectivity index is 2.43. The zero-order valence-corrected chi connectivity index (χ0v) is 9.11. The van der Waals surface area contributed by atoms with Gasteiger partial charge in [-0.2, -0.15) is 0 Å². The molecule has 1 aromatic rings. The van der Waals surface area contributed by atoms with Gasteiger partial charge in [0.1, 0.15) is 0 Å². The molecule has 2 heteroatoms. The SMILES string of the molecule is CCCC(CCc1ccccc1)C(=O)[O-]. The lowest BCUT2D eigenvalue weighted by Crippen LogP contribution is -2.31. The maximum absolute atomic E-state index is 10.8. The van der Waals surface area contributed by atoms with Gasteiger partial charge >= 0.3 is 0 Å². The molecule has 1 aromatic carbocycles. The van der Waals surface area contributed by atoms with Crippen molar-refractivity contribution in [2.24, 2.45) is 5.92 Å². The summed E-state index contributed by atoms with van der Waals surface area (Å²) in [6.07, 6.45) is 3.11. The average Bonchev–Trinajstić information content (AvgIpc) is 2.25. The van der Waals surface area contributed by atoms with Crippen LogP contribution in [0, 0.1) is 5.92 Å². The van der Waals surface area contributed by atoms with Gasteiger partial charge in [-0.1, -0.05) is 43.7 Å². The molecule has 1 rings (SSSR count). The van der Waals surface area contributed by atoms with E-state index >= 15 is 0 Å². The van der Waals surface area contributed by atoms with Crippen molar-refractivity contribution in [2.45, 2.75) is 32.6 Å². The summed E-state index contributed by atoms with van der Waals surface area (Å²) in [4.78, 5) is 10.8. The molecule has 1 unspecified atom stereocenters. The van der Waals surface area contributed by atoms with E-state index in [0.29, 0.717) is 6.42 Å². The highest BCUT2D eigenvalue weighted by Gasteiger charge is 2.08. The first kappa shape index (κ1) is 11.8. The number of carbonyl (C=O) groups is 1. The number of rotatable bonds is 6.